The Morgan fingerprint density at radius 1 is 1.31 bits per heavy atom. The van der Waals surface area contributed by atoms with Crippen LogP contribution in [0.25, 0.3) is 0 Å². The molecule has 0 spiro atoms. The molecule has 1 N–H and O–H groups in total. The molecule has 0 atom stereocenters. The van der Waals surface area contributed by atoms with E-state index in [9.17, 15) is 18.1 Å². The molecule has 0 aromatic heterocycles. The molecule has 6 heteroatoms. The highest BCUT2D eigenvalue weighted by Gasteiger charge is 2.30. The first-order valence-electron chi connectivity index (χ1n) is 3.29. The van der Waals surface area contributed by atoms with Crippen molar-refractivity contribution in [1.29, 1.82) is 0 Å². The monoisotopic (exact) mass is 190 g/mol. The van der Waals surface area contributed by atoms with E-state index < -0.39 is 11.7 Å². The molecule has 0 aliphatic rings. The molecule has 0 aliphatic heterocycles. The van der Waals surface area contributed by atoms with Gasteiger partial charge < -0.3 is 0 Å². The predicted octanol–water partition coefficient (Wildman–Crippen LogP) is 2.80. The highest BCUT2D eigenvalue weighted by molar-refractivity contribution is 5.45. The topological polar surface area (TPSA) is 41.5 Å². The van der Waals surface area contributed by atoms with Crippen LogP contribution in [0.1, 0.15) is 5.56 Å². The molecule has 13 heavy (non-hydrogen) atoms. The SMILES string of the molecule is O=NNc1cccc(C(F)(F)F)c1. The van der Waals surface area contributed by atoms with Crippen LogP contribution < -0.4 is 5.43 Å². The van der Waals surface area contributed by atoms with E-state index >= 15 is 0 Å². The van der Waals surface area contributed by atoms with Gasteiger partial charge in [-0.3, -0.25) is 0 Å². The molecule has 0 heterocycles. The molecule has 3 nitrogen and oxygen atoms in total. The first-order valence-corrected chi connectivity index (χ1v) is 3.29. The number of alkyl halides is 3. The summed E-state index contributed by atoms with van der Waals surface area (Å²) in [6.07, 6.45) is -4.40. The lowest BCUT2D eigenvalue weighted by atomic mass is 10.2. The summed E-state index contributed by atoms with van der Waals surface area (Å²) in [7, 11) is 0. The zero-order valence-electron chi connectivity index (χ0n) is 6.30. The van der Waals surface area contributed by atoms with Crippen LogP contribution >= 0.6 is 0 Å². The summed E-state index contributed by atoms with van der Waals surface area (Å²) >= 11 is 0. The molecular formula is C7H5F3N2O. The summed E-state index contributed by atoms with van der Waals surface area (Å²) in [5.74, 6) is 0. The maximum atomic E-state index is 12.1. The van der Waals surface area contributed by atoms with E-state index in [0.29, 0.717) is 0 Å². The number of benzene rings is 1. The Kier molecular flexibility index (Phi) is 2.50. The van der Waals surface area contributed by atoms with E-state index in [4.69, 9.17) is 0 Å². The Labute approximate surface area is 71.5 Å². The van der Waals surface area contributed by atoms with Crippen molar-refractivity contribution in [2.45, 2.75) is 6.18 Å². The standard InChI is InChI=1S/C7H5F3N2O/c8-7(9,10)5-2-1-3-6(4-5)11-12-13/h1-4H,(H,11,13). The summed E-state index contributed by atoms with van der Waals surface area (Å²) in [5.41, 5.74) is 1.09. The molecule has 0 fully saturated rings. The van der Waals surface area contributed by atoms with Gasteiger partial charge in [0.05, 0.1) is 16.5 Å². The van der Waals surface area contributed by atoms with Gasteiger partial charge >= 0.3 is 6.18 Å². The van der Waals surface area contributed by atoms with Crippen molar-refractivity contribution in [1.82, 2.24) is 0 Å². The van der Waals surface area contributed by atoms with Crippen molar-refractivity contribution in [2.24, 2.45) is 5.29 Å². The van der Waals surface area contributed by atoms with Crippen LogP contribution in [-0.4, -0.2) is 0 Å². The van der Waals surface area contributed by atoms with E-state index in [1.165, 1.54) is 12.1 Å². The second kappa shape index (κ2) is 3.42. The zero-order chi connectivity index (χ0) is 9.90. The van der Waals surface area contributed by atoms with E-state index in [-0.39, 0.29) is 5.69 Å². The van der Waals surface area contributed by atoms with Gasteiger partial charge in [-0.15, -0.1) is 4.91 Å². The van der Waals surface area contributed by atoms with Gasteiger partial charge in [0.15, 0.2) is 0 Å². The number of halogens is 3. The molecule has 0 saturated carbocycles. The predicted molar refractivity (Wildman–Crippen MR) is 40.9 cm³/mol. The van der Waals surface area contributed by atoms with E-state index in [1.54, 1.807) is 0 Å². The summed E-state index contributed by atoms with van der Waals surface area (Å²) in [5, 5.41) is 2.26. The van der Waals surface area contributed by atoms with Gasteiger partial charge in [-0.2, -0.15) is 13.2 Å². The highest BCUT2D eigenvalue weighted by atomic mass is 19.4. The smallest absolute Gasteiger partial charge is 0.242 e. The van der Waals surface area contributed by atoms with Gasteiger partial charge in [0.25, 0.3) is 0 Å². The molecular weight excluding hydrogens is 185 g/mol. The normalized spacial score (nSPS) is 11.0. The van der Waals surface area contributed by atoms with Crippen molar-refractivity contribution in [3.8, 4) is 0 Å². The molecule has 1 rings (SSSR count). The Morgan fingerprint density at radius 3 is 2.54 bits per heavy atom. The average Bonchev–Trinajstić information content (AvgIpc) is 2.04. The lowest BCUT2D eigenvalue weighted by molar-refractivity contribution is -0.137. The summed E-state index contributed by atoms with van der Waals surface area (Å²) in [4.78, 5) is 9.69. The number of anilines is 1. The number of nitrogens with one attached hydrogen (secondary N) is 1. The first-order chi connectivity index (χ1) is 6.04. The Balaban J connectivity index is 2.98. The van der Waals surface area contributed by atoms with Crippen molar-refractivity contribution in [2.75, 3.05) is 5.43 Å². The third-order valence-corrected chi connectivity index (χ3v) is 1.36. The van der Waals surface area contributed by atoms with Crippen LogP contribution in [0.2, 0.25) is 0 Å². The third-order valence-electron chi connectivity index (χ3n) is 1.36. The molecule has 0 saturated heterocycles. The summed E-state index contributed by atoms with van der Waals surface area (Å²) < 4.78 is 36.2. The number of hydrogen-bond acceptors (Lipinski definition) is 2. The lowest BCUT2D eigenvalue weighted by Crippen LogP contribution is -2.04. The zero-order valence-corrected chi connectivity index (χ0v) is 6.30. The minimum atomic E-state index is -4.40. The number of rotatable bonds is 2. The fourth-order valence-corrected chi connectivity index (χ4v) is 0.818. The van der Waals surface area contributed by atoms with Crippen LogP contribution in [0.3, 0.4) is 0 Å². The van der Waals surface area contributed by atoms with Crippen LogP contribution in [0.4, 0.5) is 18.9 Å². The summed E-state index contributed by atoms with van der Waals surface area (Å²) in [6.45, 7) is 0. The molecule has 1 aromatic carbocycles. The molecule has 0 amide bonds. The van der Waals surface area contributed by atoms with Crippen LogP contribution in [0.15, 0.2) is 29.6 Å². The molecule has 0 bridgehead atoms. The van der Waals surface area contributed by atoms with Crippen molar-refractivity contribution in [3.05, 3.63) is 34.7 Å². The first kappa shape index (κ1) is 9.50. The molecule has 0 radical (unpaired) electrons. The fourth-order valence-electron chi connectivity index (χ4n) is 0.818. The van der Waals surface area contributed by atoms with Crippen molar-refractivity contribution in [3.63, 3.8) is 0 Å². The van der Waals surface area contributed by atoms with Gasteiger partial charge in [0.2, 0.25) is 0 Å². The van der Waals surface area contributed by atoms with Crippen LogP contribution in [0.5, 0.6) is 0 Å². The molecule has 0 aliphatic carbocycles. The van der Waals surface area contributed by atoms with Gasteiger partial charge in [0, 0.05) is 0 Å². The number of nitrogens with zero attached hydrogens (tertiary/aromatic N) is 1. The number of hydrogen-bond donors (Lipinski definition) is 1. The van der Waals surface area contributed by atoms with Gasteiger partial charge in [-0.1, -0.05) is 6.07 Å². The van der Waals surface area contributed by atoms with E-state index in [0.717, 1.165) is 12.1 Å². The Hall–Kier alpha value is -1.59. The van der Waals surface area contributed by atoms with E-state index in [1.807, 2.05) is 5.43 Å². The third kappa shape index (κ3) is 2.43. The molecule has 70 valence electrons. The molecule has 0 unspecified atom stereocenters. The number of nitroso groups, excluding NO2 is 1. The van der Waals surface area contributed by atoms with Crippen molar-refractivity contribution >= 4 is 5.69 Å². The Bertz CT molecular complexity index is 311. The maximum absolute atomic E-state index is 12.1. The van der Waals surface area contributed by atoms with Crippen LogP contribution in [0, 0.1) is 4.91 Å². The maximum Gasteiger partial charge on any atom is 0.416 e. The average molecular weight is 190 g/mol. The minimum absolute atomic E-state index is 0.0184. The Morgan fingerprint density at radius 2 is 2.00 bits per heavy atom. The van der Waals surface area contributed by atoms with Gasteiger partial charge in [-0.25, -0.2) is 5.43 Å². The second-order valence-corrected chi connectivity index (χ2v) is 2.28. The minimum Gasteiger partial charge on any atom is -0.242 e. The van der Waals surface area contributed by atoms with Gasteiger partial charge in [0.1, 0.15) is 0 Å². The highest BCUT2D eigenvalue weighted by Crippen LogP contribution is 2.30. The quantitative estimate of drug-likeness (QED) is 0.575. The molecule has 1 aromatic rings. The fraction of sp³-hybridized carbons (Fsp3) is 0.143. The largest absolute Gasteiger partial charge is 0.416 e. The van der Waals surface area contributed by atoms with Gasteiger partial charge in [-0.05, 0) is 18.2 Å². The van der Waals surface area contributed by atoms with Crippen LogP contribution in [-0.2, 0) is 6.18 Å². The lowest BCUT2D eigenvalue weighted by Gasteiger charge is -2.06. The second-order valence-electron chi connectivity index (χ2n) is 2.28. The van der Waals surface area contributed by atoms with E-state index in [2.05, 4.69) is 5.29 Å². The summed E-state index contributed by atoms with van der Waals surface area (Å²) in [6, 6.07) is 4.23. The van der Waals surface area contributed by atoms with Crippen molar-refractivity contribution < 1.29 is 13.2 Å².